The van der Waals surface area contributed by atoms with E-state index in [1.54, 1.807) is 17.0 Å². The van der Waals surface area contributed by atoms with Crippen LogP contribution in [0.2, 0.25) is 10.0 Å². The Morgan fingerprint density at radius 3 is 2.73 bits per heavy atom. The van der Waals surface area contributed by atoms with Gasteiger partial charge in [-0.15, -0.1) is 0 Å². The van der Waals surface area contributed by atoms with Crippen LogP contribution in [0.3, 0.4) is 0 Å². The molecule has 26 heavy (non-hydrogen) atoms. The Balaban J connectivity index is 1.51. The molecule has 1 N–H and O–H groups in total. The predicted octanol–water partition coefficient (Wildman–Crippen LogP) is 4.02. The molecule has 0 unspecified atom stereocenters. The lowest BCUT2D eigenvalue weighted by Gasteiger charge is -2.29. The number of carbonyl (C=O) groups is 2. The summed E-state index contributed by atoms with van der Waals surface area (Å²) in [7, 11) is 0. The highest BCUT2D eigenvalue weighted by atomic mass is 35.5. The molecule has 2 aromatic carbocycles. The SMILES string of the molecule is O=C(CC(=O)N1CCCc2ccccc21)NCCc1ccc(Cl)cc1Cl. The van der Waals surface area contributed by atoms with Gasteiger partial charge in [0.15, 0.2) is 0 Å². The molecule has 4 nitrogen and oxygen atoms in total. The van der Waals surface area contributed by atoms with Crippen molar-refractivity contribution in [1.29, 1.82) is 0 Å². The molecule has 1 aliphatic heterocycles. The fourth-order valence-electron chi connectivity index (χ4n) is 3.15. The van der Waals surface area contributed by atoms with Gasteiger partial charge in [-0.05, 0) is 48.6 Å². The third-order valence-electron chi connectivity index (χ3n) is 4.45. The summed E-state index contributed by atoms with van der Waals surface area (Å²) in [6, 6.07) is 13.1. The zero-order valence-corrected chi connectivity index (χ0v) is 15.8. The Bertz CT molecular complexity index is 823. The summed E-state index contributed by atoms with van der Waals surface area (Å²) >= 11 is 12.0. The van der Waals surface area contributed by atoms with Crippen molar-refractivity contribution in [3.63, 3.8) is 0 Å². The van der Waals surface area contributed by atoms with Gasteiger partial charge in [-0.1, -0.05) is 47.5 Å². The zero-order chi connectivity index (χ0) is 18.5. The normalized spacial score (nSPS) is 13.2. The van der Waals surface area contributed by atoms with Gasteiger partial charge in [0, 0.05) is 28.8 Å². The third-order valence-corrected chi connectivity index (χ3v) is 5.04. The van der Waals surface area contributed by atoms with Gasteiger partial charge in [-0.25, -0.2) is 0 Å². The molecule has 136 valence electrons. The van der Waals surface area contributed by atoms with Crippen molar-refractivity contribution < 1.29 is 9.59 Å². The van der Waals surface area contributed by atoms with Crippen LogP contribution in [0, 0.1) is 0 Å². The quantitative estimate of drug-likeness (QED) is 0.783. The molecule has 0 saturated carbocycles. The topological polar surface area (TPSA) is 49.4 Å². The number of amides is 2. The van der Waals surface area contributed by atoms with Crippen molar-refractivity contribution in [2.45, 2.75) is 25.7 Å². The average molecular weight is 391 g/mol. The first-order chi connectivity index (χ1) is 12.5. The maximum Gasteiger partial charge on any atom is 0.236 e. The standard InChI is InChI=1S/C20H20Cl2N2O2/c21-16-8-7-14(17(22)12-16)9-10-23-19(25)13-20(26)24-11-3-5-15-4-1-2-6-18(15)24/h1-2,4,6-8,12H,3,5,9-11,13H2,(H,23,25). The maximum absolute atomic E-state index is 12.5. The van der Waals surface area contributed by atoms with Crippen molar-refractivity contribution >= 4 is 40.7 Å². The number of nitrogens with one attached hydrogen (secondary N) is 1. The van der Waals surface area contributed by atoms with Crippen molar-refractivity contribution in [2.24, 2.45) is 0 Å². The van der Waals surface area contributed by atoms with Crippen LogP contribution >= 0.6 is 23.2 Å². The third kappa shape index (κ3) is 4.57. The molecule has 0 fully saturated rings. The molecule has 3 rings (SSSR count). The van der Waals surface area contributed by atoms with Crippen LogP contribution in [0.5, 0.6) is 0 Å². The van der Waals surface area contributed by atoms with E-state index >= 15 is 0 Å². The number of fused-ring (bicyclic) bond motifs is 1. The summed E-state index contributed by atoms with van der Waals surface area (Å²) in [6.07, 6.45) is 2.32. The van der Waals surface area contributed by atoms with Gasteiger partial charge < -0.3 is 10.2 Å². The van der Waals surface area contributed by atoms with Crippen molar-refractivity contribution in [2.75, 3.05) is 18.0 Å². The van der Waals surface area contributed by atoms with E-state index in [4.69, 9.17) is 23.2 Å². The Morgan fingerprint density at radius 2 is 1.92 bits per heavy atom. The van der Waals surface area contributed by atoms with Crippen LogP contribution in [0.15, 0.2) is 42.5 Å². The summed E-state index contributed by atoms with van der Waals surface area (Å²) in [5.41, 5.74) is 2.99. The average Bonchev–Trinajstić information content (AvgIpc) is 2.63. The highest BCUT2D eigenvalue weighted by Crippen LogP contribution is 2.27. The Hall–Kier alpha value is -2.04. The number of para-hydroxylation sites is 1. The predicted molar refractivity (Wildman–Crippen MR) is 105 cm³/mol. The molecule has 6 heteroatoms. The van der Waals surface area contributed by atoms with Crippen LogP contribution < -0.4 is 10.2 Å². The lowest BCUT2D eigenvalue weighted by molar-refractivity contribution is -0.127. The number of halogens is 2. The first-order valence-electron chi connectivity index (χ1n) is 8.63. The first-order valence-corrected chi connectivity index (χ1v) is 9.39. The summed E-state index contributed by atoms with van der Waals surface area (Å²) in [6.45, 7) is 1.08. The summed E-state index contributed by atoms with van der Waals surface area (Å²) < 4.78 is 0. The molecule has 0 saturated heterocycles. The molecule has 0 atom stereocenters. The zero-order valence-electron chi connectivity index (χ0n) is 14.3. The minimum absolute atomic E-state index is 0.150. The number of nitrogens with zero attached hydrogens (tertiary/aromatic N) is 1. The van der Waals surface area contributed by atoms with Gasteiger partial charge in [-0.3, -0.25) is 9.59 Å². The van der Waals surface area contributed by atoms with E-state index in [0.29, 0.717) is 29.6 Å². The Kier molecular flexibility index (Phi) is 6.17. The van der Waals surface area contributed by atoms with Gasteiger partial charge in [0.1, 0.15) is 6.42 Å². The van der Waals surface area contributed by atoms with Crippen molar-refractivity contribution in [3.05, 3.63) is 63.6 Å². The highest BCUT2D eigenvalue weighted by molar-refractivity contribution is 6.35. The van der Waals surface area contributed by atoms with E-state index in [1.807, 2.05) is 30.3 Å². The van der Waals surface area contributed by atoms with E-state index in [0.717, 1.165) is 29.7 Å². The number of aryl methyl sites for hydroxylation is 1. The lowest BCUT2D eigenvalue weighted by Crippen LogP contribution is -2.39. The molecule has 2 amide bonds. The maximum atomic E-state index is 12.5. The first kappa shape index (κ1) is 18.7. The van der Waals surface area contributed by atoms with Crippen molar-refractivity contribution in [3.8, 4) is 0 Å². The smallest absolute Gasteiger partial charge is 0.236 e. The van der Waals surface area contributed by atoms with E-state index in [1.165, 1.54) is 0 Å². The molecule has 0 spiro atoms. The highest BCUT2D eigenvalue weighted by Gasteiger charge is 2.23. The minimum Gasteiger partial charge on any atom is -0.355 e. The molecule has 0 aromatic heterocycles. The van der Waals surface area contributed by atoms with Gasteiger partial charge in [-0.2, -0.15) is 0 Å². The monoisotopic (exact) mass is 390 g/mol. The van der Waals surface area contributed by atoms with Crippen LogP contribution in [0.25, 0.3) is 0 Å². The fraction of sp³-hybridized carbons (Fsp3) is 0.300. The molecule has 0 radical (unpaired) electrons. The molecule has 1 heterocycles. The summed E-state index contributed by atoms with van der Waals surface area (Å²) in [5, 5.41) is 3.94. The number of benzene rings is 2. The van der Waals surface area contributed by atoms with Crippen molar-refractivity contribution in [1.82, 2.24) is 5.32 Å². The largest absolute Gasteiger partial charge is 0.355 e. The molecule has 1 aliphatic rings. The minimum atomic E-state index is -0.275. The Morgan fingerprint density at radius 1 is 1.12 bits per heavy atom. The van der Waals surface area contributed by atoms with Gasteiger partial charge in [0.05, 0.1) is 0 Å². The molecular weight excluding hydrogens is 371 g/mol. The second-order valence-corrected chi connectivity index (χ2v) is 7.13. The molecular formula is C20H20Cl2N2O2. The van der Waals surface area contributed by atoms with Gasteiger partial charge >= 0.3 is 0 Å². The lowest BCUT2D eigenvalue weighted by atomic mass is 10.0. The summed E-state index contributed by atoms with van der Waals surface area (Å²) in [4.78, 5) is 26.4. The van der Waals surface area contributed by atoms with E-state index in [-0.39, 0.29) is 18.2 Å². The fourth-order valence-corrected chi connectivity index (χ4v) is 3.65. The second-order valence-electron chi connectivity index (χ2n) is 6.29. The number of hydrogen-bond donors (Lipinski definition) is 1. The summed E-state index contributed by atoms with van der Waals surface area (Å²) in [5.74, 6) is -0.442. The van der Waals surface area contributed by atoms with Crippen LogP contribution in [0.1, 0.15) is 24.0 Å². The van der Waals surface area contributed by atoms with E-state index < -0.39 is 0 Å². The number of rotatable bonds is 5. The van der Waals surface area contributed by atoms with Gasteiger partial charge in [0.25, 0.3) is 0 Å². The number of anilines is 1. The Labute approximate surface area is 163 Å². The molecule has 0 bridgehead atoms. The van der Waals surface area contributed by atoms with Crippen LogP contribution in [-0.4, -0.2) is 24.9 Å². The van der Waals surface area contributed by atoms with Crippen LogP contribution in [-0.2, 0) is 22.4 Å². The van der Waals surface area contributed by atoms with E-state index in [9.17, 15) is 9.59 Å². The second kappa shape index (κ2) is 8.56. The van der Waals surface area contributed by atoms with Gasteiger partial charge in [0.2, 0.25) is 11.8 Å². The number of carbonyl (C=O) groups excluding carboxylic acids is 2. The number of hydrogen-bond acceptors (Lipinski definition) is 2. The van der Waals surface area contributed by atoms with Crippen LogP contribution in [0.4, 0.5) is 5.69 Å². The molecule has 2 aromatic rings. The molecule has 0 aliphatic carbocycles. The van der Waals surface area contributed by atoms with E-state index in [2.05, 4.69) is 5.32 Å².